The van der Waals surface area contributed by atoms with E-state index in [0.717, 1.165) is 28.1 Å². The van der Waals surface area contributed by atoms with E-state index in [0.29, 0.717) is 5.57 Å². The van der Waals surface area contributed by atoms with Crippen molar-refractivity contribution >= 4 is 11.4 Å². The first-order chi connectivity index (χ1) is 9.06. The molecule has 1 aliphatic carbocycles. The third kappa shape index (κ3) is 2.29. The number of allylic oxidation sites excluding steroid dienone is 5. The van der Waals surface area contributed by atoms with Crippen molar-refractivity contribution in [2.24, 2.45) is 0 Å². The normalized spacial score (nSPS) is 16.7. The van der Waals surface area contributed by atoms with Crippen LogP contribution in [0, 0.1) is 0 Å². The largest absolute Gasteiger partial charge is 0.359 e. The van der Waals surface area contributed by atoms with Gasteiger partial charge in [0.1, 0.15) is 0 Å². The molecule has 2 nitrogen and oxygen atoms in total. The van der Waals surface area contributed by atoms with Gasteiger partial charge in [0.05, 0.1) is 0 Å². The summed E-state index contributed by atoms with van der Waals surface area (Å²) < 4.78 is 0. The molecule has 0 heterocycles. The zero-order valence-electron chi connectivity index (χ0n) is 11.3. The van der Waals surface area contributed by atoms with Crippen LogP contribution < -0.4 is 5.32 Å². The van der Waals surface area contributed by atoms with Gasteiger partial charge in [-0.25, -0.2) is 0 Å². The highest BCUT2D eigenvalue weighted by Gasteiger charge is 2.29. The first kappa shape index (κ1) is 13.1. The van der Waals surface area contributed by atoms with Crippen LogP contribution in [0.3, 0.4) is 0 Å². The molecule has 19 heavy (non-hydrogen) atoms. The van der Waals surface area contributed by atoms with Crippen molar-refractivity contribution in [3.8, 4) is 0 Å². The Morgan fingerprint density at radius 3 is 2.47 bits per heavy atom. The quantitative estimate of drug-likeness (QED) is 0.653. The predicted octanol–water partition coefficient (Wildman–Crippen LogP) is 3.85. The van der Waals surface area contributed by atoms with Gasteiger partial charge in [-0.2, -0.15) is 0 Å². The zero-order chi connectivity index (χ0) is 14.0. The van der Waals surface area contributed by atoms with E-state index in [9.17, 15) is 4.79 Å². The van der Waals surface area contributed by atoms with E-state index in [-0.39, 0.29) is 5.78 Å². The first-order valence-electron chi connectivity index (χ1n) is 6.19. The Balaban J connectivity index is 2.40. The number of carbonyl (C=O) groups is 1. The number of hydrogen-bond acceptors (Lipinski definition) is 2. The van der Waals surface area contributed by atoms with Crippen LogP contribution >= 0.6 is 0 Å². The molecule has 1 aromatic rings. The highest BCUT2D eigenvalue weighted by atomic mass is 16.1. The van der Waals surface area contributed by atoms with E-state index in [4.69, 9.17) is 0 Å². The lowest BCUT2D eigenvalue weighted by Gasteiger charge is -2.09. The summed E-state index contributed by atoms with van der Waals surface area (Å²) in [6, 6.07) is 7.55. The van der Waals surface area contributed by atoms with Crippen molar-refractivity contribution in [3.63, 3.8) is 0 Å². The van der Waals surface area contributed by atoms with Crippen LogP contribution in [0.4, 0.5) is 0 Å². The number of Topliss-reactive ketones (excluding diaryl/α,β-unsaturated/α-hetero) is 1. The summed E-state index contributed by atoms with van der Waals surface area (Å²) >= 11 is 0. The van der Waals surface area contributed by atoms with Gasteiger partial charge in [0, 0.05) is 22.5 Å². The average molecular weight is 251 g/mol. The number of fused-ring (bicyclic) bond motifs is 1. The highest BCUT2D eigenvalue weighted by Crippen LogP contribution is 2.36. The molecule has 1 aliphatic rings. The van der Waals surface area contributed by atoms with Gasteiger partial charge in [-0.05, 0) is 31.1 Å². The van der Waals surface area contributed by atoms with Gasteiger partial charge >= 0.3 is 0 Å². The lowest BCUT2D eigenvalue weighted by Crippen LogP contribution is -2.12. The van der Waals surface area contributed by atoms with Crippen LogP contribution in [0.2, 0.25) is 0 Å². The summed E-state index contributed by atoms with van der Waals surface area (Å²) in [6.07, 6.45) is 3.76. The molecular weight excluding hydrogens is 234 g/mol. The summed E-state index contributed by atoms with van der Waals surface area (Å²) in [5.41, 5.74) is 4.60. The van der Waals surface area contributed by atoms with Gasteiger partial charge in [-0.3, -0.25) is 4.79 Å². The van der Waals surface area contributed by atoms with E-state index in [1.165, 1.54) is 0 Å². The molecule has 0 bridgehead atoms. The second-order valence-corrected chi connectivity index (χ2v) is 4.50. The molecule has 2 rings (SSSR count). The van der Waals surface area contributed by atoms with Crippen molar-refractivity contribution in [2.75, 3.05) is 0 Å². The zero-order valence-corrected chi connectivity index (χ0v) is 11.3. The summed E-state index contributed by atoms with van der Waals surface area (Å²) in [6.45, 7) is 11.7. The van der Waals surface area contributed by atoms with Crippen molar-refractivity contribution in [1.29, 1.82) is 0 Å². The van der Waals surface area contributed by atoms with Crippen molar-refractivity contribution in [2.45, 2.75) is 13.8 Å². The van der Waals surface area contributed by atoms with Crippen molar-refractivity contribution in [1.82, 2.24) is 5.32 Å². The molecule has 0 unspecified atom stereocenters. The summed E-state index contributed by atoms with van der Waals surface area (Å²) in [4.78, 5) is 12.4. The Hall–Kier alpha value is -2.35. The molecule has 0 saturated heterocycles. The molecule has 0 spiro atoms. The van der Waals surface area contributed by atoms with Gasteiger partial charge < -0.3 is 5.32 Å². The van der Waals surface area contributed by atoms with Crippen LogP contribution in [0.25, 0.3) is 5.57 Å². The molecule has 0 saturated carbocycles. The fraction of sp³-hybridized carbons (Fsp3) is 0.118. The molecule has 2 heteroatoms. The van der Waals surface area contributed by atoms with Gasteiger partial charge in [-0.15, -0.1) is 0 Å². The molecule has 0 atom stereocenters. The Morgan fingerprint density at radius 1 is 1.26 bits per heavy atom. The van der Waals surface area contributed by atoms with E-state index >= 15 is 0 Å². The minimum atomic E-state index is 0.0267. The first-order valence-corrected chi connectivity index (χ1v) is 6.19. The molecular formula is C17H17NO. The minimum Gasteiger partial charge on any atom is -0.359 e. The fourth-order valence-corrected chi connectivity index (χ4v) is 2.29. The van der Waals surface area contributed by atoms with Crippen LogP contribution in [-0.4, -0.2) is 5.78 Å². The summed E-state index contributed by atoms with van der Waals surface area (Å²) in [5.74, 6) is 0.0267. The molecule has 1 N–H and O–H groups in total. The maximum Gasteiger partial charge on any atom is 0.195 e. The van der Waals surface area contributed by atoms with Gasteiger partial charge in [0.25, 0.3) is 0 Å². The number of rotatable bonds is 3. The van der Waals surface area contributed by atoms with Crippen LogP contribution in [0.15, 0.2) is 66.5 Å². The lowest BCUT2D eigenvalue weighted by molar-refractivity contribution is 0.104. The summed E-state index contributed by atoms with van der Waals surface area (Å²) in [7, 11) is 0. The van der Waals surface area contributed by atoms with E-state index in [1.807, 2.05) is 50.3 Å². The minimum absolute atomic E-state index is 0.0267. The predicted molar refractivity (Wildman–Crippen MR) is 79.6 cm³/mol. The van der Waals surface area contributed by atoms with Crippen molar-refractivity contribution in [3.05, 3.63) is 77.7 Å². The summed E-state index contributed by atoms with van der Waals surface area (Å²) in [5, 5.41) is 3.14. The number of benzene rings is 1. The van der Waals surface area contributed by atoms with Gasteiger partial charge in [0.15, 0.2) is 5.78 Å². The second kappa shape index (κ2) is 5.11. The fourth-order valence-electron chi connectivity index (χ4n) is 2.29. The Bertz CT molecular complexity index is 595. The highest BCUT2D eigenvalue weighted by molar-refractivity contribution is 6.26. The maximum absolute atomic E-state index is 12.4. The lowest BCUT2D eigenvalue weighted by atomic mass is 10.1. The van der Waals surface area contributed by atoms with E-state index < -0.39 is 0 Å². The average Bonchev–Trinajstić information content (AvgIpc) is 2.63. The maximum atomic E-state index is 12.4. The van der Waals surface area contributed by atoms with Gasteiger partial charge in [0.2, 0.25) is 0 Å². The molecule has 0 aromatic heterocycles. The SMILES string of the molecule is C=C(/C=C\C)N/C(C)=C1/C(=C)c2ccccc2C1=O. The Labute approximate surface area is 113 Å². The molecule has 1 aromatic carbocycles. The molecule has 96 valence electrons. The molecule has 0 fully saturated rings. The third-order valence-corrected chi connectivity index (χ3v) is 3.12. The Kier molecular flexibility index (Phi) is 3.52. The Morgan fingerprint density at radius 2 is 1.89 bits per heavy atom. The topological polar surface area (TPSA) is 29.1 Å². The smallest absolute Gasteiger partial charge is 0.195 e. The second-order valence-electron chi connectivity index (χ2n) is 4.50. The van der Waals surface area contributed by atoms with E-state index in [2.05, 4.69) is 18.5 Å². The van der Waals surface area contributed by atoms with Crippen LogP contribution in [0.5, 0.6) is 0 Å². The van der Waals surface area contributed by atoms with Gasteiger partial charge in [-0.1, -0.05) is 43.5 Å². The van der Waals surface area contributed by atoms with Crippen molar-refractivity contribution < 1.29 is 4.79 Å². The van der Waals surface area contributed by atoms with E-state index in [1.54, 1.807) is 0 Å². The third-order valence-electron chi connectivity index (χ3n) is 3.12. The number of ketones is 1. The standard InChI is InChI=1S/C17H17NO/c1-5-8-11(2)18-13(4)16-12(3)14-9-6-7-10-15(14)17(16)19/h5-10,18H,2-3H2,1,4H3/b8-5-,16-13-. The monoisotopic (exact) mass is 251 g/mol. The number of carbonyl (C=O) groups excluding carboxylic acids is 1. The van der Waals surface area contributed by atoms with Crippen LogP contribution in [-0.2, 0) is 0 Å². The van der Waals surface area contributed by atoms with Crippen LogP contribution in [0.1, 0.15) is 29.8 Å². The number of hydrogen-bond donors (Lipinski definition) is 1. The molecule has 0 radical (unpaired) electrons. The molecule has 0 aliphatic heterocycles. The number of nitrogens with one attached hydrogen (secondary N) is 1. The molecule has 0 amide bonds.